The summed E-state index contributed by atoms with van der Waals surface area (Å²) in [5.74, 6) is -2.06. The monoisotopic (exact) mass is 498 g/mol. The zero-order valence-electron chi connectivity index (χ0n) is 18.3. The number of nitrogens with zero attached hydrogens (tertiary/aromatic N) is 4. The van der Waals surface area contributed by atoms with E-state index < -0.39 is 33.3 Å². The first-order chi connectivity index (χ1) is 15.8. The SMILES string of the molecule is C=N/C(=C\c1nc(-c2ncc(-c3ccc(F)cc3F)cc2S(=O)(=O)CC)n(C)c1C)C(F)(F)F. The maximum Gasteiger partial charge on any atom is 0.433 e. The molecule has 0 unspecified atom stereocenters. The van der Waals surface area contributed by atoms with Gasteiger partial charge in [0.1, 0.15) is 23.0 Å². The van der Waals surface area contributed by atoms with Crippen LogP contribution in [0.4, 0.5) is 22.0 Å². The van der Waals surface area contributed by atoms with E-state index in [0.29, 0.717) is 12.1 Å². The van der Waals surface area contributed by atoms with Crippen LogP contribution in [-0.4, -0.2) is 41.6 Å². The molecule has 1 aromatic carbocycles. The van der Waals surface area contributed by atoms with Crippen molar-refractivity contribution in [2.45, 2.75) is 24.9 Å². The van der Waals surface area contributed by atoms with Gasteiger partial charge in [-0.3, -0.25) is 9.98 Å². The van der Waals surface area contributed by atoms with Crippen LogP contribution < -0.4 is 0 Å². The van der Waals surface area contributed by atoms with Crippen LogP contribution in [0.15, 0.2) is 46.0 Å². The Balaban J connectivity index is 2.26. The van der Waals surface area contributed by atoms with Crippen molar-refractivity contribution >= 4 is 22.6 Å². The molecule has 180 valence electrons. The molecule has 0 amide bonds. The molecule has 0 aliphatic carbocycles. The topological polar surface area (TPSA) is 77.2 Å². The molecule has 6 nitrogen and oxygen atoms in total. The summed E-state index contributed by atoms with van der Waals surface area (Å²) in [7, 11) is -2.45. The second kappa shape index (κ2) is 9.09. The number of alkyl halides is 3. The molecule has 0 aliphatic rings. The molecular formula is C22H19F5N4O2S. The predicted molar refractivity (Wildman–Crippen MR) is 118 cm³/mol. The first-order valence-corrected chi connectivity index (χ1v) is 11.4. The standard InChI is InChI=1S/C22H19F5N4O2S/c1-5-34(32,33)18-8-13(15-7-6-14(23)9-16(15)24)11-29-20(18)21-30-17(12(2)31(21)4)10-19(28-3)22(25,26)27/h6-11H,3,5H2,1-2,4H3/b19-10-. The number of sulfone groups is 1. The molecular weight excluding hydrogens is 479 g/mol. The van der Waals surface area contributed by atoms with Crippen molar-refractivity contribution in [1.29, 1.82) is 0 Å². The molecule has 0 atom stereocenters. The predicted octanol–water partition coefficient (Wildman–Crippen LogP) is 5.13. The minimum atomic E-state index is -4.76. The van der Waals surface area contributed by atoms with E-state index in [1.807, 2.05) is 0 Å². The average Bonchev–Trinajstić information content (AvgIpc) is 3.04. The van der Waals surface area contributed by atoms with E-state index in [0.717, 1.165) is 12.1 Å². The maximum absolute atomic E-state index is 14.3. The molecule has 2 aromatic heterocycles. The zero-order chi connectivity index (χ0) is 25.4. The van der Waals surface area contributed by atoms with Crippen molar-refractivity contribution in [2.24, 2.45) is 12.0 Å². The van der Waals surface area contributed by atoms with Crippen molar-refractivity contribution in [3.63, 3.8) is 0 Å². The highest BCUT2D eigenvalue weighted by atomic mass is 32.2. The number of allylic oxidation sites excluding steroid dienone is 1. The molecule has 0 bridgehead atoms. The number of rotatable bonds is 6. The number of pyridine rings is 1. The number of hydrogen-bond donors (Lipinski definition) is 0. The van der Waals surface area contributed by atoms with Crippen LogP contribution in [-0.2, 0) is 16.9 Å². The number of benzene rings is 1. The van der Waals surface area contributed by atoms with Gasteiger partial charge in [-0.2, -0.15) is 13.2 Å². The van der Waals surface area contributed by atoms with Crippen LogP contribution in [0.2, 0.25) is 0 Å². The molecule has 0 saturated carbocycles. The molecule has 0 aliphatic heterocycles. The van der Waals surface area contributed by atoms with E-state index in [4.69, 9.17) is 0 Å². The van der Waals surface area contributed by atoms with Crippen LogP contribution in [0, 0.1) is 18.6 Å². The first-order valence-electron chi connectivity index (χ1n) is 9.77. The van der Waals surface area contributed by atoms with Crippen molar-refractivity contribution in [3.05, 3.63) is 59.2 Å². The van der Waals surface area contributed by atoms with Crippen LogP contribution in [0.5, 0.6) is 0 Å². The Bertz CT molecular complexity index is 1410. The molecule has 0 radical (unpaired) electrons. The van der Waals surface area contributed by atoms with Gasteiger partial charge in [0.2, 0.25) is 0 Å². The van der Waals surface area contributed by atoms with Crippen molar-refractivity contribution in [2.75, 3.05) is 5.75 Å². The largest absolute Gasteiger partial charge is 0.433 e. The van der Waals surface area contributed by atoms with Gasteiger partial charge in [-0.05, 0) is 37.9 Å². The quantitative estimate of drug-likeness (QED) is 0.349. The number of imidazole rings is 1. The third-order valence-electron chi connectivity index (χ3n) is 5.17. The van der Waals surface area contributed by atoms with Crippen LogP contribution in [0.25, 0.3) is 28.7 Å². The Morgan fingerprint density at radius 2 is 1.91 bits per heavy atom. The van der Waals surface area contributed by atoms with Gasteiger partial charge in [-0.15, -0.1) is 0 Å². The fourth-order valence-electron chi connectivity index (χ4n) is 3.17. The highest BCUT2D eigenvalue weighted by Crippen LogP contribution is 2.33. The van der Waals surface area contributed by atoms with Gasteiger partial charge in [-0.1, -0.05) is 6.92 Å². The van der Waals surface area contributed by atoms with Gasteiger partial charge >= 0.3 is 6.18 Å². The lowest BCUT2D eigenvalue weighted by Gasteiger charge is -2.12. The van der Waals surface area contributed by atoms with Gasteiger partial charge in [0.25, 0.3) is 0 Å². The Kier molecular flexibility index (Phi) is 6.74. The lowest BCUT2D eigenvalue weighted by molar-refractivity contribution is -0.0912. The minimum absolute atomic E-state index is 0.0208. The molecule has 3 rings (SSSR count). The van der Waals surface area contributed by atoms with E-state index in [-0.39, 0.29) is 44.7 Å². The van der Waals surface area contributed by atoms with Gasteiger partial charge < -0.3 is 4.57 Å². The molecule has 12 heteroatoms. The number of aromatic nitrogens is 3. The summed E-state index contributed by atoms with van der Waals surface area (Å²) in [5.41, 5.74) is -1.20. The average molecular weight is 498 g/mol. The molecule has 0 N–H and O–H groups in total. The molecule has 34 heavy (non-hydrogen) atoms. The molecule has 2 heterocycles. The Morgan fingerprint density at radius 1 is 1.24 bits per heavy atom. The maximum atomic E-state index is 14.3. The molecule has 0 spiro atoms. The number of hydrogen-bond acceptors (Lipinski definition) is 5. The second-order valence-corrected chi connectivity index (χ2v) is 9.50. The summed E-state index contributed by atoms with van der Waals surface area (Å²) >= 11 is 0. The summed E-state index contributed by atoms with van der Waals surface area (Å²) < 4.78 is 94.0. The van der Waals surface area contributed by atoms with Gasteiger partial charge in [0, 0.05) is 36.1 Å². The smallest absolute Gasteiger partial charge is 0.329 e. The van der Waals surface area contributed by atoms with E-state index in [2.05, 4.69) is 21.7 Å². The summed E-state index contributed by atoms with van der Waals surface area (Å²) in [5, 5.41) is 0. The molecule has 0 saturated heterocycles. The Labute approximate surface area is 192 Å². The lowest BCUT2D eigenvalue weighted by Crippen LogP contribution is -2.09. The summed E-state index contributed by atoms with van der Waals surface area (Å²) in [6.07, 6.45) is -2.88. The van der Waals surface area contributed by atoms with Crippen LogP contribution in [0.1, 0.15) is 18.3 Å². The highest BCUT2D eigenvalue weighted by molar-refractivity contribution is 7.91. The summed E-state index contributed by atoms with van der Waals surface area (Å²) in [4.78, 5) is 11.0. The van der Waals surface area contributed by atoms with E-state index >= 15 is 0 Å². The normalized spacial score (nSPS) is 12.8. The Morgan fingerprint density at radius 3 is 2.47 bits per heavy atom. The summed E-state index contributed by atoms with van der Waals surface area (Å²) in [6.45, 7) is 5.82. The Hall–Kier alpha value is -3.41. The van der Waals surface area contributed by atoms with Gasteiger partial charge in [0.15, 0.2) is 15.7 Å². The fraction of sp³-hybridized carbons (Fsp3) is 0.227. The third kappa shape index (κ3) is 4.76. The van der Waals surface area contributed by atoms with E-state index in [9.17, 15) is 30.4 Å². The van der Waals surface area contributed by atoms with E-state index in [1.54, 1.807) is 0 Å². The second-order valence-electron chi connectivity index (χ2n) is 7.25. The van der Waals surface area contributed by atoms with Crippen molar-refractivity contribution in [3.8, 4) is 22.6 Å². The summed E-state index contributed by atoms with van der Waals surface area (Å²) in [6, 6.07) is 4.01. The fourth-order valence-corrected chi connectivity index (χ4v) is 4.23. The van der Waals surface area contributed by atoms with Crippen LogP contribution in [0.3, 0.4) is 0 Å². The lowest BCUT2D eigenvalue weighted by atomic mass is 10.1. The highest BCUT2D eigenvalue weighted by Gasteiger charge is 2.34. The zero-order valence-corrected chi connectivity index (χ0v) is 19.1. The molecule has 3 aromatic rings. The first kappa shape index (κ1) is 25.2. The molecule has 0 fully saturated rings. The van der Waals surface area contributed by atoms with Crippen molar-refractivity contribution < 1.29 is 30.4 Å². The van der Waals surface area contributed by atoms with Gasteiger partial charge in [0.05, 0.1) is 16.3 Å². The third-order valence-corrected chi connectivity index (χ3v) is 6.92. The van der Waals surface area contributed by atoms with Crippen molar-refractivity contribution in [1.82, 2.24) is 14.5 Å². The minimum Gasteiger partial charge on any atom is -0.329 e. The van der Waals surface area contributed by atoms with Crippen LogP contribution >= 0.6 is 0 Å². The van der Waals surface area contributed by atoms with E-state index in [1.165, 1.54) is 37.7 Å². The number of aliphatic imine (C=N–C) groups is 1. The van der Waals surface area contributed by atoms with Gasteiger partial charge in [-0.25, -0.2) is 22.2 Å². The number of halogens is 5.